The summed E-state index contributed by atoms with van der Waals surface area (Å²) in [6.07, 6.45) is 2.67. The number of carbonyl (C=O) groups is 1. The highest BCUT2D eigenvalue weighted by Crippen LogP contribution is 2.07. The average Bonchev–Trinajstić information content (AvgIpc) is 2.00. The first-order chi connectivity index (χ1) is 5.97. The summed E-state index contributed by atoms with van der Waals surface area (Å²) in [6, 6.07) is 0.118. The van der Waals surface area contributed by atoms with Crippen LogP contribution in [-0.2, 0) is 4.79 Å². The van der Waals surface area contributed by atoms with Gasteiger partial charge in [0.15, 0.2) is 0 Å². The molecule has 1 heterocycles. The Kier molecular flexibility index (Phi) is 3.15. The fourth-order valence-corrected chi connectivity index (χ4v) is 1.82. The Labute approximate surface area is 81.1 Å². The monoisotopic (exact) mass is 195 g/mol. The summed E-state index contributed by atoms with van der Waals surface area (Å²) < 4.78 is 0. The summed E-state index contributed by atoms with van der Waals surface area (Å²) in [6.45, 7) is 6.64. The first kappa shape index (κ1) is 10.3. The Balaban J connectivity index is 2.52. The predicted octanol–water partition coefficient (Wildman–Crippen LogP) is 1.54. The lowest BCUT2D eigenvalue weighted by molar-refractivity contribution is -0.122. The van der Waals surface area contributed by atoms with Crippen LogP contribution >= 0.6 is 0 Å². The molecule has 1 aliphatic heterocycles. The van der Waals surface area contributed by atoms with Crippen molar-refractivity contribution in [3.8, 4) is 11.5 Å². The zero-order chi connectivity index (χ0) is 9.90. The first-order valence-corrected chi connectivity index (χ1v) is 8.29. The van der Waals surface area contributed by atoms with Gasteiger partial charge in [-0.1, -0.05) is 25.6 Å². The highest BCUT2D eigenvalue weighted by atomic mass is 28.3. The molecule has 1 rings (SSSR count). The summed E-state index contributed by atoms with van der Waals surface area (Å²) in [5.74, 6) is 3.33. The summed E-state index contributed by atoms with van der Waals surface area (Å²) in [4.78, 5) is 11.0. The molecule has 0 unspecified atom stereocenters. The topological polar surface area (TPSA) is 29.1 Å². The van der Waals surface area contributed by atoms with E-state index >= 15 is 0 Å². The number of carbonyl (C=O) groups excluding carboxylic acids is 1. The Bertz CT molecular complexity index is 256. The Morgan fingerprint density at radius 1 is 1.46 bits per heavy atom. The molecular weight excluding hydrogens is 178 g/mol. The van der Waals surface area contributed by atoms with Gasteiger partial charge >= 0.3 is 0 Å². The largest absolute Gasteiger partial charge is 0.342 e. The standard InChI is InChI=1S/C10H17NOSi/c1-13(2,3)8-7-9-5-4-6-10(12)11-9/h9H,4-6H2,1-3H3,(H,11,12)/t9-/m0/s1. The van der Waals surface area contributed by atoms with Gasteiger partial charge in [-0.15, -0.1) is 5.54 Å². The molecule has 0 spiro atoms. The highest BCUT2D eigenvalue weighted by molar-refractivity contribution is 6.83. The molecule has 2 nitrogen and oxygen atoms in total. The van der Waals surface area contributed by atoms with E-state index in [1.165, 1.54) is 0 Å². The predicted molar refractivity (Wildman–Crippen MR) is 56.9 cm³/mol. The van der Waals surface area contributed by atoms with Crippen molar-refractivity contribution in [2.75, 3.05) is 0 Å². The SMILES string of the molecule is C[Si](C)(C)C#C[C@@H]1CCCC(=O)N1. The number of rotatable bonds is 0. The van der Waals surface area contributed by atoms with Crippen LogP contribution in [0.4, 0.5) is 0 Å². The molecule has 1 atom stereocenters. The van der Waals surface area contributed by atoms with Crippen LogP contribution < -0.4 is 5.32 Å². The summed E-state index contributed by atoms with van der Waals surface area (Å²) in [7, 11) is -1.28. The minimum absolute atomic E-state index is 0.118. The molecule has 72 valence electrons. The maximum atomic E-state index is 11.0. The molecule has 1 aliphatic rings. The molecule has 0 aromatic rings. The van der Waals surface area contributed by atoms with E-state index in [4.69, 9.17) is 0 Å². The maximum Gasteiger partial charge on any atom is 0.220 e. The molecule has 0 bridgehead atoms. The van der Waals surface area contributed by atoms with Crippen LogP contribution in [0.25, 0.3) is 0 Å². The van der Waals surface area contributed by atoms with Crippen LogP contribution in [-0.4, -0.2) is 20.0 Å². The molecule has 1 fully saturated rings. The van der Waals surface area contributed by atoms with E-state index in [9.17, 15) is 4.79 Å². The lowest BCUT2D eigenvalue weighted by atomic mass is 10.1. The maximum absolute atomic E-state index is 11.0. The van der Waals surface area contributed by atoms with Crippen molar-refractivity contribution in [3.05, 3.63) is 0 Å². The van der Waals surface area contributed by atoms with Crippen molar-refractivity contribution >= 4 is 14.0 Å². The van der Waals surface area contributed by atoms with Crippen LogP contribution in [0.15, 0.2) is 0 Å². The summed E-state index contributed by atoms with van der Waals surface area (Å²) in [5.41, 5.74) is 3.29. The van der Waals surface area contributed by atoms with Crippen LogP contribution in [0, 0.1) is 11.5 Å². The smallest absolute Gasteiger partial charge is 0.220 e. The molecular formula is C10H17NOSi. The van der Waals surface area contributed by atoms with Gasteiger partial charge in [0.05, 0.1) is 6.04 Å². The minimum Gasteiger partial charge on any atom is -0.342 e. The lowest BCUT2D eigenvalue weighted by Gasteiger charge is -2.18. The molecule has 1 saturated heterocycles. The van der Waals surface area contributed by atoms with Gasteiger partial charge in [0.2, 0.25) is 5.91 Å². The average molecular weight is 195 g/mol. The zero-order valence-corrected chi connectivity index (χ0v) is 9.61. The number of hydrogen-bond acceptors (Lipinski definition) is 1. The molecule has 0 aromatic heterocycles. The van der Waals surface area contributed by atoms with E-state index in [1.807, 2.05) is 0 Å². The van der Waals surface area contributed by atoms with Crippen LogP contribution in [0.3, 0.4) is 0 Å². The summed E-state index contributed by atoms with van der Waals surface area (Å²) >= 11 is 0. The van der Waals surface area contributed by atoms with Crippen molar-refractivity contribution in [1.29, 1.82) is 0 Å². The second kappa shape index (κ2) is 3.97. The van der Waals surface area contributed by atoms with Crippen LogP contribution in [0.5, 0.6) is 0 Å². The van der Waals surface area contributed by atoms with Crippen molar-refractivity contribution in [2.45, 2.75) is 44.9 Å². The van der Waals surface area contributed by atoms with E-state index in [2.05, 4.69) is 36.4 Å². The van der Waals surface area contributed by atoms with E-state index in [-0.39, 0.29) is 11.9 Å². The first-order valence-electron chi connectivity index (χ1n) is 4.79. The van der Waals surface area contributed by atoms with Crippen molar-refractivity contribution < 1.29 is 4.79 Å². The van der Waals surface area contributed by atoms with E-state index < -0.39 is 8.07 Å². The molecule has 3 heteroatoms. The third kappa shape index (κ3) is 4.14. The molecule has 0 aliphatic carbocycles. The second-order valence-electron chi connectivity index (χ2n) is 4.53. The zero-order valence-electron chi connectivity index (χ0n) is 8.61. The number of hydrogen-bond donors (Lipinski definition) is 1. The molecule has 0 aromatic carbocycles. The molecule has 1 N–H and O–H groups in total. The van der Waals surface area contributed by atoms with Gasteiger partial charge in [-0.05, 0) is 12.8 Å². The second-order valence-corrected chi connectivity index (χ2v) is 9.28. The number of amides is 1. The third-order valence-corrected chi connectivity index (χ3v) is 2.75. The lowest BCUT2D eigenvalue weighted by Crippen LogP contribution is -2.38. The highest BCUT2D eigenvalue weighted by Gasteiger charge is 2.16. The van der Waals surface area contributed by atoms with Crippen molar-refractivity contribution in [3.63, 3.8) is 0 Å². The molecule has 13 heavy (non-hydrogen) atoms. The van der Waals surface area contributed by atoms with Crippen molar-refractivity contribution in [1.82, 2.24) is 5.32 Å². The van der Waals surface area contributed by atoms with Gasteiger partial charge in [0, 0.05) is 6.42 Å². The van der Waals surface area contributed by atoms with E-state index in [0.29, 0.717) is 6.42 Å². The van der Waals surface area contributed by atoms with Gasteiger partial charge in [0.25, 0.3) is 0 Å². The van der Waals surface area contributed by atoms with Crippen molar-refractivity contribution in [2.24, 2.45) is 0 Å². The van der Waals surface area contributed by atoms with Gasteiger partial charge in [0.1, 0.15) is 8.07 Å². The fraction of sp³-hybridized carbons (Fsp3) is 0.700. The quantitative estimate of drug-likeness (QED) is 0.461. The van der Waals surface area contributed by atoms with Crippen LogP contribution in [0.2, 0.25) is 19.6 Å². The number of nitrogens with one attached hydrogen (secondary N) is 1. The van der Waals surface area contributed by atoms with Gasteiger partial charge in [-0.3, -0.25) is 4.79 Å². The Morgan fingerprint density at radius 2 is 2.15 bits per heavy atom. The summed E-state index contributed by atoms with van der Waals surface area (Å²) in [5, 5.41) is 2.90. The molecule has 0 saturated carbocycles. The number of piperidine rings is 1. The minimum atomic E-state index is -1.28. The molecule has 1 amide bonds. The Morgan fingerprint density at radius 3 is 2.69 bits per heavy atom. The van der Waals surface area contributed by atoms with E-state index in [1.54, 1.807) is 0 Å². The fourth-order valence-electron chi connectivity index (χ4n) is 1.22. The normalized spacial score (nSPS) is 23.0. The van der Waals surface area contributed by atoms with Crippen LogP contribution in [0.1, 0.15) is 19.3 Å². The van der Waals surface area contributed by atoms with Gasteiger partial charge < -0.3 is 5.32 Å². The molecule has 0 radical (unpaired) electrons. The Hall–Kier alpha value is -0.753. The van der Waals surface area contributed by atoms with Gasteiger partial charge in [-0.2, -0.15) is 0 Å². The van der Waals surface area contributed by atoms with Gasteiger partial charge in [-0.25, -0.2) is 0 Å². The third-order valence-electron chi connectivity index (χ3n) is 1.85. The van der Waals surface area contributed by atoms with E-state index in [0.717, 1.165) is 12.8 Å².